The molecule has 1 aromatic carbocycles. The van der Waals surface area contributed by atoms with E-state index in [1.807, 2.05) is 0 Å². The van der Waals surface area contributed by atoms with Gasteiger partial charge >= 0.3 is 0 Å². The third kappa shape index (κ3) is 2.71. The summed E-state index contributed by atoms with van der Waals surface area (Å²) in [5.74, 6) is 0. The van der Waals surface area contributed by atoms with Crippen molar-refractivity contribution < 1.29 is 5.11 Å². The Bertz CT molecular complexity index is 346. The highest BCUT2D eigenvalue weighted by atomic mass is 16.3. The van der Waals surface area contributed by atoms with Crippen LogP contribution in [0, 0.1) is 12.3 Å². The van der Waals surface area contributed by atoms with E-state index in [1.165, 1.54) is 36.8 Å². The van der Waals surface area contributed by atoms with Gasteiger partial charge in [-0.05, 0) is 43.6 Å². The van der Waals surface area contributed by atoms with Crippen molar-refractivity contribution in [2.24, 2.45) is 5.41 Å². The van der Waals surface area contributed by atoms with Gasteiger partial charge in [-0.3, -0.25) is 0 Å². The first-order valence-corrected chi connectivity index (χ1v) is 6.90. The number of aryl methyl sites for hydroxylation is 1. The molecule has 0 amide bonds. The number of hydrogen-bond acceptors (Lipinski definition) is 1. The topological polar surface area (TPSA) is 20.2 Å². The molecule has 0 spiro atoms. The summed E-state index contributed by atoms with van der Waals surface area (Å²) >= 11 is 0. The van der Waals surface area contributed by atoms with Crippen LogP contribution in [0.2, 0.25) is 0 Å². The number of benzene rings is 1. The second kappa shape index (κ2) is 5.22. The summed E-state index contributed by atoms with van der Waals surface area (Å²) < 4.78 is 0. The minimum absolute atomic E-state index is 0.169. The van der Waals surface area contributed by atoms with Crippen LogP contribution in [0.1, 0.15) is 50.2 Å². The molecule has 1 fully saturated rings. The van der Waals surface area contributed by atoms with E-state index < -0.39 is 0 Å². The van der Waals surface area contributed by atoms with Crippen LogP contribution in [-0.4, -0.2) is 11.2 Å². The molecule has 0 bridgehead atoms. The van der Waals surface area contributed by atoms with Crippen molar-refractivity contribution >= 4 is 0 Å². The van der Waals surface area contributed by atoms with Gasteiger partial charge in [-0.2, -0.15) is 0 Å². The van der Waals surface area contributed by atoms with Crippen molar-refractivity contribution in [3.8, 4) is 0 Å². The molecular weight excluding hydrogens is 208 g/mol. The molecule has 1 aromatic rings. The van der Waals surface area contributed by atoms with Gasteiger partial charge in [0.2, 0.25) is 0 Å². The molecule has 1 saturated carbocycles. The van der Waals surface area contributed by atoms with Crippen LogP contribution in [-0.2, 0) is 6.42 Å². The van der Waals surface area contributed by atoms with E-state index in [1.54, 1.807) is 0 Å². The summed E-state index contributed by atoms with van der Waals surface area (Å²) in [5, 5.41) is 10.5. The van der Waals surface area contributed by atoms with Crippen molar-refractivity contribution in [1.29, 1.82) is 0 Å². The van der Waals surface area contributed by atoms with Crippen molar-refractivity contribution in [3.63, 3.8) is 0 Å². The Balaban J connectivity index is 2.05. The van der Waals surface area contributed by atoms with E-state index in [9.17, 15) is 5.11 Å². The molecule has 94 valence electrons. The van der Waals surface area contributed by atoms with E-state index >= 15 is 0 Å². The SMILES string of the molecule is CCC1(C(O)Cc2ccc(C)cc2)CCCC1. The normalized spacial score (nSPS) is 20.4. The zero-order valence-electron chi connectivity index (χ0n) is 11.1. The van der Waals surface area contributed by atoms with Gasteiger partial charge in [-0.25, -0.2) is 0 Å². The van der Waals surface area contributed by atoms with Gasteiger partial charge in [0.25, 0.3) is 0 Å². The third-order valence-electron chi connectivity index (χ3n) is 4.56. The first-order valence-electron chi connectivity index (χ1n) is 6.90. The van der Waals surface area contributed by atoms with Crippen LogP contribution in [0.15, 0.2) is 24.3 Å². The summed E-state index contributed by atoms with van der Waals surface area (Å²) in [6.07, 6.45) is 6.75. The smallest absolute Gasteiger partial charge is 0.0636 e. The molecule has 0 aromatic heterocycles. The van der Waals surface area contributed by atoms with E-state index in [4.69, 9.17) is 0 Å². The van der Waals surface area contributed by atoms with Gasteiger partial charge in [0.15, 0.2) is 0 Å². The highest BCUT2D eigenvalue weighted by Gasteiger charge is 2.38. The molecule has 1 aliphatic carbocycles. The lowest BCUT2D eigenvalue weighted by Crippen LogP contribution is -2.33. The predicted molar refractivity (Wildman–Crippen MR) is 72.1 cm³/mol. The monoisotopic (exact) mass is 232 g/mol. The molecule has 1 nitrogen and oxygen atoms in total. The summed E-state index contributed by atoms with van der Waals surface area (Å²) in [6, 6.07) is 8.57. The molecule has 1 N–H and O–H groups in total. The average molecular weight is 232 g/mol. The van der Waals surface area contributed by atoms with E-state index in [0.29, 0.717) is 0 Å². The molecule has 1 aliphatic rings. The molecule has 1 heteroatoms. The molecule has 0 saturated heterocycles. The Morgan fingerprint density at radius 1 is 1.18 bits per heavy atom. The van der Waals surface area contributed by atoms with Gasteiger partial charge < -0.3 is 5.11 Å². The van der Waals surface area contributed by atoms with E-state index in [0.717, 1.165) is 12.8 Å². The predicted octanol–water partition coefficient (Wildman–Crippen LogP) is 3.87. The van der Waals surface area contributed by atoms with Crippen LogP contribution in [0.3, 0.4) is 0 Å². The van der Waals surface area contributed by atoms with Crippen LogP contribution < -0.4 is 0 Å². The van der Waals surface area contributed by atoms with Crippen LogP contribution >= 0.6 is 0 Å². The van der Waals surface area contributed by atoms with E-state index in [2.05, 4.69) is 38.1 Å². The molecule has 0 radical (unpaired) electrons. The maximum absolute atomic E-state index is 10.5. The highest BCUT2D eigenvalue weighted by Crippen LogP contribution is 2.44. The maximum atomic E-state index is 10.5. The number of hydrogen-bond donors (Lipinski definition) is 1. The molecule has 1 atom stereocenters. The minimum Gasteiger partial charge on any atom is -0.392 e. The zero-order valence-corrected chi connectivity index (χ0v) is 11.1. The fourth-order valence-electron chi connectivity index (χ4n) is 3.17. The third-order valence-corrected chi connectivity index (χ3v) is 4.56. The van der Waals surface area contributed by atoms with Gasteiger partial charge in [0, 0.05) is 0 Å². The lowest BCUT2D eigenvalue weighted by molar-refractivity contribution is 0.0257. The second-order valence-electron chi connectivity index (χ2n) is 5.63. The first-order chi connectivity index (χ1) is 8.16. The van der Waals surface area contributed by atoms with Crippen molar-refractivity contribution in [2.45, 2.75) is 58.5 Å². The van der Waals surface area contributed by atoms with Crippen LogP contribution in [0.4, 0.5) is 0 Å². The Morgan fingerprint density at radius 3 is 2.29 bits per heavy atom. The Hall–Kier alpha value is -0.820. The Morgan fingerprint density at radius 2 is 1.76 bits per heavy atom. The van der Waals surface area contributed by atoms with Crippen molar-refractivity contribution in [1.82, 2.24) is 0 Å². The lowest BCUT2D eigenvalue weighted by Gasteiger charge is -2.33. The fraction of sp³-hybridized carbons (Fsp3) is 0.625. The van der Waals surface area contributed by atoms with Crippen molar-refractivity contribution in [2.75, 3.05) is 0 Å². The molecule has 1 unspecified atom stereocenters. The zero-order chi connectivity index (χ0) is 12.3. The summed E-state index contributed by atoms with van der Waals surface area (Å²) in [4.78, 5) is 0. The minimum atomic E-state index is -0.169. The van der Waals surface area contributed by atoms with Gasteiger partial charge in [0.1, 0.15) is 0 Å². The van der Waals surface area contributed by atoms with Gasteiger partial charge in [-0.15, -0.1) is 0 Å². The molecule has 0 heterocycles. The molecule has 2 rings (SSSR count). The van der Waals surface area contributed by atoms with Crippen LogP contribution in [0.5, 0.6) is 0 Å². The number of aliphatic hydroxyl groups is 1. The quantitative estimate of drug-likeness (QED) is 0.835. The first kappa shape index (κ1) is 12.6. The lowest BCUT2D eigenvalue weighted by atomic mass is 9.76. The van der Waals surface area contributed by atoms with Gasteiger partial charge in [-0.1, -0.05) is 49.6 Å². The molecular formula is C16H24O. The summed E-state index contributed by atoms with van der Waals surface area (Å²) in [6.45, 7) is 4.33. The summed E-state index contributed by atoms with van der Waals surface area (Å²) in [5.41, 5.74) is 2.75. The maximum Gasteiger partial charge on any atom is 0.0636 e. The van der Waals surface area contributed by atoms with E-state index in [-0.39, 0.29) is 11.5 Å². The summed E-state index contributed by atoms with van der Waals surface area (Å²) in [7, 11) is 0. The average Bonchev–Trinajstić information content (AvgIpc) is 2.82. The largest absolute Gasteiger partial charge is 0.392 e. The van der Waals surface area contributed by atoms with Crippen LogP contribution in [0.25, 0.3) is 0 Å². The standard InChI is InChI=1S/C16H24O/c1-3-16(10-4-5-11-16)15(17)12-14-8-6-13(2)7-9-14/h6-9,15,17H,3-5,10-12H2,1-2H3. The Kier molecular flexibility index (Phi) is 3.88. The van der Waals surface area contributed by atoms with Crippen molar-refractivity contribution in [3.05, 3.63) is 35.4 Å². The number of rotatable bonds is 4. The molecule has 17 heavy (non-hydrogen) atoms. The highest BCUT2D eigenvalue weighted by molar-refractivity contribution is 5.22. The Labute approximate surface area is 105 Å². The second-order valence-corrected chi connectivity index (χ2v) is 5.63. The fourth-order valence-corrected chi connectivity index (χ4v) is 3.17. The molecule has 0 aliphatic heterocycles. The van der Waals surface area contributed by atoms with Gasteiger partial charge in [0.05, 0.1) is 6.10 Å². The number of aliphatic hydroxyl groups excluding tert-OH is 1.